The van der Waals surface area contributed by atoms with Gasteiger partial charge >= 0.3 is 0 Å². The van der Waals surface area contributed by atoms with Crippen molar-refractivity contribution in [3.05, 3.63) is 51.4 Å². The number of nitrogens with one attached hydrogen (secondary N) is 1. The minimum absolute atomic E-state index is 0.0570. The van der Waals surface area contributed by atoms with Crippen LogP contribution in [0, 0.1) is 0 Å². The number of pyridine rings is 1. The topological polar surface area (TPSA) is 59.1 Å². The summed E-state index contributed by atoms with van der Waals surface area (Å²) in [6.45, 7) is 0.422. The molecule has 0 atom stereocenters. The van der Waals surface area contributed by atoms with Crippen molar-refractivity contribution in [1.82, 2.24) is 10.3 Å². The van der Waals surface area contributed by atoms with Gasteiger partial charge in [0.25, 0.3) is 0 Å². The molecule has 2 rings (SSSR count). The third-order valence-corrected chi connectivity index (χ3v) is 3.91. The fourth-order valence-corrected chi connectivity index (χ4v) is 2.62. The number of carbonyl (C=O) groups is 2. The third-order valence-electron chi connectivity index (χ3n) is 2.64. The summed E-state index contributed by atoms with van der Waals surface area (Å²) in [6.07, 6.45) is 3.74. The van der Waals surface area contributed by atoms with Crippen molar-refractivity contribution in [3.63, 3.8) is 0 Å². The van der Waals surface area contributed by atoms with Crippen LogP contribution in [-0.4, -0.2) is 16.7 Å². The molecule has 6 heteroatoms. The Morgan fingerprint density at radius 2 is 2.10 bits per heavy atom. The van der Waals surface area contributed by atoms with E-state index >= 15 is 0 Å². The molecule has 0 aliphatic heterocycles. The lowest BCUT2D eigenvalue weighted by atomic mass is 10.2. The number of nitrogens with zero attached hydrogens (tertiary/aromatic N) is 1. The molecule has 0 bridgehead atoms. The van der Waals surface area contributed by atoms with E-state index in [0.29, 0.717) is 15.8 Å². The van der Waals surface area contributed by atoms with Gasteiger partial charge in [-0.1, -0.05) is 17.7 Å². The average molecular weight is 309 g/mol. The fraction of sp³-hybridized carbons (Fsp3) is 0.214. The molecule has 1 N–H and O–H groups in total. The van der Waals surface area contributed by atoms with Crippen LogP contribution < -0.4 is 5.32 Å². The first-order chi connectivity index (χ1) is 9.65. The molecule has 0 aromatic carbocycles. The lowest BCUT2D eigenvalue weighted by Crippen LogP contribution is -2.23. The second-order valence-corrected chi connectivity index (χ2v) is 5.88. The molecular formula is C14H13ClN2O2S. The summed E-state index contributed by atoms with van der Waals surface area (Å²) < 4.78 is 0.578. The summed E-state index contributed by atoms with van der Waals surface area (Å²) in [6, 6.07) is 7.06. The fourth-order valence-electron chi connectivity index (χ4n) is 1.61. The first-order valence-corrected chi connectivity index (χ1v) is 7.29. The number of rotatable bonds is 6. The molecule has 2 heterocycles. The second-order valence-electron chi connectivity index (χ2n) is 4.16. The number of amides is 1. The summed E-state index contributed by atoms with van der Waals surface area (Å²) in [4.78, 5) is 28.0. The number of ketones is 1. The SMILES string of the molecule is O=C(CCC(=O)c1ccc(Cl)s1)NCc1cccnc1. The molecular weight excluding hydrogens is 296 g/mol. The highest BCUT2D eigenvalue weighted by atomic mass is 35.5. The van der Waals surface area contributed by atoms with Crippen LogP contribution in [0.15, 0.2) is 36.7 Å². The lowest BCUT2D eigenvalue weighted by molar-refractivity contribution is -0.121. The van der Waals surface area contributed by atoms with E-state index in [1.54, 1.807) is 24.5 Å². The zero-order chi connectivity index (χ0) is 14.4. The van der Waals surface area contributed by atoms with Crippen molar-refractivity contribution in [1.29, 1.82) is 0 Å². The van der Waals surface area contributed by atoms with E-state index in [1.165, 1.54) is 11.3 Å². The first-order valence-electron chi connectivity index (χ1n) is 6.09. The van der Waals surface area contributed by atoms with Gasteiger partial charge < -0.3 is 5.32 Å². The monoisotopic (exact) mass is 308 g/mol. The molecule has 1 amide bonds. The highest BCUT2D eigenvalue weighted by Gasteiger charge is 2.11. The number of Topliss-reactive ketones (excluding diaryl/α,β-unsaturated/α-hetero) is 1. The van der Waals surface area contributed by atoms with Crippen LogP contribution in [0.2, 0.25) is 4.34 Å². The van der Waals surface area contributed by atoms with Gasteiger partial charge in [0, 0.05) is 31.8 Å². The minimum atomic E-state index is -0.148. The molecule has 0 radical (unpaired) electrons. The van der Waals surface area contributed by atoms with Gasteiger partial charge in [-0.05, 0) is 23.8 Å². The minimum Gasteiger partial charge on any atom is -0.352 e. The van der Waals surface area contributed by atoms with Crippen LogP contribution in [0.1, 0.15) is 28.1 Å². The van der Waals surface area contributed by atoms with Crippen LogP contribution >= 0.6 is 22.9 Å². The van der Waals surface area contributed by atoms with Crippen molar-refractivity contribution in [2.45, 2.75) is 19.4 Å². The maximum atomic E-state index is 11.8. The molecule has 4 nitrogen and oxygen atoms in total. The highest BCUT2D eigenvalue weighted by molar-refractivity contribution is 7.18. The Bertz CT molecular complexity index is 598. The second kappa shape index (κ2) is 7.17. The van der Waals surface area contributed by atoms with Crippen LogP contribution in [-0.2, 0) is 11.3 Å². The van der Waals surface area contributed by atoms with Crippen molar-refractivity contribution in [2.75, 3.05) is 0 Å². The van der Waals surface area contributed by atoms with Gasteiger partial charge in [-0.2, -0.15) is 0 Å². The maximum absolute atomic E-state index is 11.8. The van der Waals surface area contributed by atoms with Crippen molar-refractivity contribution in [3.8, 4) is 0 Å². The Labute approximate surface area is 125 Å². The Morgan fingerprint density at radius 1 is 1.25 bits per heavy atom. The van der Waals surface area contributed by atoms with Gasteiger partial charge in [0.05, 0.1) is 9.21 Å². The predicted molar refractivity (Wildman–Crippen MR) is 79.0 cm³/mol. The number of halogens is 1. The molecule has 0 spiro atoms. The van der Waals surface area contributed by atoms with E-state index in [4.69, 9.17) is 11.6 Å². The number of hydrogen-bond acceptors (Lipinski definition) is 4. The van der Waals surface area contributed by atoms with Crippen LogP contribution in [0.3, 0.4) is 0 Å². The van der Waals surface area contributed by atoms with Gasteiger partial charge in [-0.3, -0.25) is 14.6 Å². The largest absolute Gasteiger partial charge is 0.352 e. The maximum Gasteiger partial charge on any atom is 0.220 e. The van der Waals surface area contributed by atoms with Gasteiger partial charge in [0.2, 0.25) is 5.91 Å². The Hall–Kier alpha value is -1.72. The highest BCUT2D eigenvalue weighted by Crippen LogP contribution is 2.22. The average Bonchev–Trinajstić information content (AvgIpc) is 2.90. The third kappa shape index (κ3) is 4.43. The standard InChI is InChI=1S/C14H13ClN2O2S/c15-13-5-4-12(20-13)11(18)3-6-14(19)17-9-10-2-1-7-16-8-10/h1-2,4-5,7-8H,3,6,9H2,(H,17,19). The molecule has 20 heavy (non-hydrogen) atoms. The molecule has 0 fully saturated rings. The first kappa shape index (κ1) is 14.7. The smallest absolute Gasteiger partial charge is 0.220 e. The number of thiophene rings is 1. The number of hydrogen-bond donors (Lipinski definition) is 1. The zero-order valence-electron chi connectivity index (χ0n) is 10.6. The van der Waals surface area contributed by atoms with Crippen molar-refractivity contribution in [2.24, 2.45) is 0 Å². The molecule has 2 aromatic heterocycles. The molecule has 2 aromatic rings. The number of carbonyl (C=O) groups excluding carboxylic acids is 2. The van der Waals surface area contributed by atoms with Crippen molar-refractivity contribution >= 4 is 34.6 Å². The molecule has 0 aliphatic carbocycles. The molecule has 0 aliphatic rings. The summed E-state index contributed by atoms with van der Waals surface area (Å²) >= 11 is 7.00. The van der Waals surface area contributed by atoms with E-state index < -0.39 is 0 Å². The Balaban J connectivity index is 1.74. The molecule has 0 saturated heterocycles. The van der Waals surface area contributed by atoms with Gasteiger partial charge in [-0.15, -0.1) is 11.3 Å². The summed E-state index contributed by atoms with van der Waals surface area (Å²) in [5, 5.41) is 2.76. The van der Waals surface area contributed by atoms with E-state index in [2.05, 4.69) is 10.3 Å². The van der Waals surface area contributed by atoms with Gasteiger partial charge in [0.1, 0.15) is 0 Å². The van der Waals surface area contributed by atoms with Crippen LogP contribution in [0.5, 0.6) is 0 Å². The Morgan fingerprint density at radius 3 is 2.75 bits per heavy atom. The van der Waals surface area contributed by atoms with Crippen LogP contribution in [0.4, 0.5) is 0 Å². The predicted octanol–water partition coefficient (Wildman–Crippen LogP) is 3.08. The normalized spacial score (nSPS) is 10.2. The van der Waals surface area contributed by atoms with E-state index in [0.717, 1.165) is 5.56 Å². The van der Waals surface area contributed by atoms with E-state index in [1.807, 2.05) is 12.1 Å². The molecule has 0 unspecified atom stereocenters. The zero-order valence-corrected chi connectivity index (χ0v) is 12.2. The van der Waals surface area contributed by atoms with E-state index in [9.17, 15) is 9.59 Å². The van der Waals surface area contributed by atoms with Crippen LogP contribution in [0.25, 0.3) is 0 Å². The van der Waals surface area contributed by atoms with Crippen molar-refractivity contribution < 1.29 is 9.59 Å². The summed E-state index contributed by atoms with van der Waals surface area (Å²) in [5.41, 5.74) is 0.928. The van der Waals surface area contributed by atoms with Gasteiger partial charge in [-0.25, -0.2) is 0 Å². The molecule has 104 valence electrons. The summed E-state index contributed by atoms with van der Waals surface area (Å²) in [5.74, 6) is -0.205. The lowest BCUT2D eigenvalue weighted by Gasteiger charge is -2.04. The molecule has 0 saturated carbocycles. The van der Waals surface area contributed by atoms with E-state index in [-0.39, 0.29) is 24.5 Å². The Kier molecular flexibility index (Phi) is 5.26. The quantitative estimate of drug-likeness (QED) is 0.834. The van der Waals surface area contributed by atoms with Gasteiger partial charge in [0.15, 0.2) is 5.78 Å². The number of aromatic nitrogens is 1. The summed E-state index contributed by atoms with van der Waals surface area (Å²) in [7, 11) is 0.